The average Bonchev–Trinajstić information content (AvgIpc) is 2.16. The van der Waals surface area contributed by atoms with Gasteiger partial charge in [0.05, 0.1) is 6.33 Å². The second-order valence-electron chi connectivity index (χ2n) is 3.21. The van der Waals surface area contributed by atoms with Gasteiger partial charge in [0.1, 0.15) is 5.69 Å². The molecule has 0 amide bonds. The topological polar surface area (TPSA) is 110 Å². The van der Waals surface area contributed by atoms with Crippen LogP contribution < -0.4 is 22.3 Å². The summed E-state index contributed by atoms with van der Waals surface area (Å²) in [6, 6.07) is 0. The minimum absolute atomic E-state index is 0.206. The summed E-state index contributed by atoms with van der Waals surface area (Å²) in [5, 5.41) is 2.92. The third kappa shape index (κ3) is 2.46. The molecule has 0 aliphatic heterocycles. The highest BCUT2D eigenvalue weighted by atomic mass is 16.1. The number of hydrogen-bond acceptors (Lipinski definition) is 5. The molecule has 78 valence electrons. The molecule has 0 radical (unpaired) electrons. The molecule has 1 heterocycles. The van der Waals surface area contributed by atoms with Gasteiger partial charge in [-0.3, -0.25) is 4.79 Å². The Balaban J connectivity index is 2.72. The Labute approximate surface area is 81.7 Å². The van der Waals surface area contributed by atoms with Crippen LogP contribution in [0.15, 0.2) is 11.1 Å². The summed E-state index contributed by atoms with van der Waals surface area (Å²) in [6.07, 6.45) is 1.27. The number of nitrogens with two attached hydrogens (primary N) is 2. The van der Waals surface area contributed by atoms with Crippen LogP contribution in [-0.2, 0) is 0 Å². The summed E-state index contributed by atoms with van der Waals surface area (Å²) < 4.78 is 0. The van der Waals surface area contributed by atoms with E-state index in [2.05, 4.69) is 15.3 Å². The molecule has 14 heavy (non-hydrogen) atoms. The summed E-state index contributed by atoms with van der Waals surface area (Å²) in [5.41, 5.74) is 11.0. The van der Waals surface area contributed by atoms with Gasteiger partial charge in [0.2, 0.25) is 0 Å². The van der Waals surface area contributed by atoms with Crippen molar-refractivity contribution in [2.24, 2.45) is 11.7 Å². The highest BCUT2D eigenvalue weighted by Gasteiger charge is 2.06. The normalized spacial score (nSPS) is 12.4. The Morgan fingerprint density at radius 3 is 3.00 bits per heavy atom. The Hall–Kier alpha value is -1.56. The van der Waals surface area contributed by atoms with E-state index < -0.39 is 0 Å². The molecule has 6 heteroatoms. The maximum Gasteiger partial charge on any atom is 0.276 e. The van der Waals surface area contributed by atoms with Crippen molar-refractivity contribution in [1.29, 1.82) is 0 Å². The summed E-state index contributed by atoms with van der Waals surface area (Å²) in [7, 11) is 0. The zero-order chi connectivity index (χ0) is 10.6. The molecule has 1 atom stereocenters. The molecule has 0 saturated heterocycles. The first-order chi connectivity index (χ1) is 6.65. The molecule has 1 aromatic rings. The van der Waals surface area contributed by atoms with Crippen LogP contribution in [0.25, 0.3) is 0 Å². The number of H-pyrrole nitrogens is 1. The van der Waals surface area contributed by atoms with Gasteiger partial charge < -0.3 is 21.8 Å². The lowest BCUT2D eigenvalue weighted by molar-refractivity contribution is 0.627. The van der Waals surface area contributed by atoms with Crippen LogP contribution in [0, 0.1) is 5.92 Å². The molecule has 1 aromatic heterocycles. The number of aromatic nitrogens is 2. The molecule has 0 bridgehead atoms. The SMILES string of the molecule is CC(CN)CNc1c(N)nc[nH]c1=O. The van der Waals surface area contributed by atoms with E-state index >= 15 is 0 Å². The number of hydrogen-bond donors (Lipinski definition) is 4. The quantitative estimate of drug-likeness (QED) is 0.513. The molecule has 0 aromatic carbocycles. The van der Waals surface area contributed by atoms with Crippen molar-refractivity contribution in [3.8, 4) is 0 Å². The Kier molecular flexibility index (Phi) is 3.47. The lowest BCUT2D eigenvalue weighted by Gasteiger charge is -2.11. The first kappa shape index (κ1) is 10.5. The van der Waals surface area contributed by atoms with Gasteiger partial charge in [-0.15, -0.1) is 0 Å². The van der Waals surface area contributed by atoms with Crippen LogP contribution in [0.4, 0.5) is 11.5 Å². The van der Waals surface area contributed by atoms with Crippen molar-refractivity contribution in [3.05, 3.63) is 16.7 Å². The minimum atomic E-state index is -0.262. The summed E-state index contributed by atoms with van der Waals surface area (Å²) >= 11 is 0. The van der Waals surface area contributed by atoms with Gasteiger partial charge in [0.15, 0.2) is 5.82 Å². The zero-order valence-corrected chi connectivity index (χ0v) is 8.08. The number of nitrogens with zero attached hydrogens (tertiary/aromatic N) is 1. The van der Waals surface area contributed by atoms with Crippen molar-refractivity contribution in [2.45, 2.75) is 6.92 Å². The van der Waals surface area contributed by atoms with Gasteiger partial charge in [-0.25, -0.2) is 4.98 Å². The fourth-order valence-corrected chi connectivity index (χ4v) is 0.944. The second kappa shape index (κ2) is 4.61. The van der Waals surface area contributed by atoms with E-state index in [0.29, 0.717) is 18.8 Å². The van der Waals surface area contributed by atoms with E-state index in [1.165, 1.54) is 6.33 Å². The molecular formula is C8H15N5O. The van der Waals surface area contributed by atoms with Gasteiger partial charge in [0.25, 0.3) is 5.56 Å². The van der Waals surface area contributed by atoms with Gasteiger partial charge in [-0.1, -0.05) is 6.92 Å². The number of anilines is 2. The van der Waals surface area contributed by atoms with E-state index in [1.54, 1.807) is 0 Å². The van der Waals surface area contributed by atoms with Gasteiger partial charge in [0, 0.05) is 6.54 Å². The Morgan fingerprint density at radius 2 is 2.43 bits per heavy atom. The molecule has 0 saturated carbocycles. The molecule has 1 rings (SSSR count). The molecule has 0 fully saturated rings. The van der Waals surface area contributed by atoms with E-state index in [1.807, 2.05) is 6.92 Å². The maximum atomic E-state index is 11.3. The third-order valence-corrected chi connectivity index (χ3v) is 1.91. The largest absolute Gasteiger partial charge is 0.382 e. The van der Waals surface area contributed by atoms with E-state index in [4.69, 9.17) is 11.5 Å². The lowest BCUT2D eigenvalue weighted by atomic mass is 10.2. The van der Waals surface area contributed by atoms with Gasteiger partial charge >= 0.3 is 0 Å². The predicted octanol–water partition coefficient (Wildman–Crippen LogP) is -0.641. The summed E-state index contributed by atoms with van der Waals surface area (Å²) in [5.74, 6) is 0.493. The first-order valence-corrected chi connectivity index (χ1v) is 4.42. The highest BCUT2D eigenvalue weighted by molar-refractivity contribution is 5.59. The predicted molar refractivity (Wildman–Crippen MR) is 56.0 cm³/mol. The van der Waals surface area contributed by atoms with Crippen molar-refractivity contribution in [2.75, 3.05) is 24.1 Å². The highest BCUT2D eigenvalue weighted by Crippen LogP contribution is 2.07. The molecule has 0 aliphatic rings. The number of nitrogen functional groups attached to an aromatic ring is 1. The molecule has 0 spiro atoms. The summed E-state index contributed by atoms with van der Waals surface area (Å²) in [4.78, 5) is 17.5. The van der Waals surface area contributed by atoms with Gasteiger partial charge in [-0.2, -0.15) is 0 Å². The van der Waals surface area contributed by atoms with E-state index in [9.17, 15) is 4.79 Å². The van der Waals surface area contributed by atoms with Crippen LogP contribution in [0.2, 0.25) is 0 Å². The number of nitrogens with one attached hydrogen (secondary N) is 2. The van der Waals surface area contributed by atoms with E-state index in [-0.39, 0.29) is 17.3 Å². The molecule has 6 nitrogen and oxygen atoms in total. The fraction of sp³-hybridized carbons (Fsp3) is 0.500. The maximum absolute atomic E-state index is 11.3. The van der Waals surface area contributed by atoms with Gasteiger partial charge in [-0.05, 0) is 12.5 Å². The van der Waals surface area contributed by atoms with Crippen molar-refractivity contribution < 1.29 is 0 Å². The smallest absolute Gasteiger partial charge is 0.276 e. The van der Waals surface area contributed by atoms with Crippen LogP contribution in [0.5, 0.6) is 0 Å². The Bertz CT molecular complexity index is 348. The minimum Gasteiger partial charge on any atom is -0.382 e. The van der Waals surface area contributed by atoms with Crippen molar-refractivity contribution >= 4 is 11.5 Å². The van der Waals surface area contributed by atoms with Crippen LogP contribution >= 0.6 is 0 Å². The van der Waals surface area contributed by atoms with Crippen LogP contribution in [-0.4, -0.2) is 23.1 Å². The molecular weight excluding hydrogens is 182 g/mol. The van der Waals surface area contributed by atoms with Crippen LogP contribution in [0.3, 0.4) is 0 Å². The number of aromatic amines is 1. The monoisotopic (exact) mass is 197 g/mol. The third-order valence-electron chi connectivity index (χ3n) is 1.91. The molecule has 6 N–H and O–H groups in total. The number of rotatable bonds is 4. The van der Waals surface area contributed by atoms with E-state index in [0.717, 1.165) is 0 Å². The molecule has 1 unspecified atom stereocenters. The second-order valence-corrected chi connectivity index (χ2v) is 3.21. The van der Waals surface area contributed by atoms with Crippen molar-refractivity contribution in [1.82, 2.24) is 9.97 Å². The lowest BCUT2D eigenvalue weighted by Crippen LogP contribution is -2.24. The molecule has 0 aliphatic carbocycles. The van der Waals surface area contributed by atoms with Crippen molar-refractivity contribution in [3.63, 3.8) is 0 Å². The average molecular weight is 197 g/mol. The fourth-order valence-electron chi connectivity index (χ4n) is 0.944. The zero-order valence-electron chi connectivity index (χ0n) is 8.08. The summed E-state index contributed by atoms with van der Waals surface area (Å²) in [6.45, 7) is 3.15. The Morgan fingerprint density at radius 1 is 1.71 bits per heavy atom. The standard InChI is InChI=1S/C8H15N5O/c1-5(2-9)3-11-6-7(10)12-4-13-8(6)14/h4-5,11H,2-3,9H2,1H3,(H3,10,12,13,14). The first-order valence-electron chi connectivity index (χ1n) is 4.42. The van der Waals surface area contributed by atoms with Crippen LogP contribution in [0.1, 0.15) is 6.92 Å².